The van der Waals surface area contributed by atoms with Gasteiger partial charge < -0.3 is 15.4 Å². The highest BCUT2D eigenvalue weighted by Crippen LogP contribution is 2.11. The Labute approximate surface area is 190 Å². The first-order valence-corrected chi connectivity index (χ1v) is 10.1. The van der Waals surface area contributed by atoms with Crippen molar-refractivity contribution in [1.82, 2.24) is 21.0 Å². The number of hydrogen-bond acceptors (Lipinski definition) is 6. The van der Waals surface area contributed by atoms with Crippen LogP contribution < -0.4 is 20.8 Å². The van der Waals surface area contributed by atoms with Gasteiger partial charge in [0.1, 0.15) is 5.75 Å². The Morgan fingerprint density at radius 3 is 2.21 bits per heavy atom. The summed E-state index contributed by atoms with van der Waals surface area (Å²) < 4.78 is 5.47. The van der Waals surface area contributed by atoms with Gasteiger partial charge in [-0.3, -0.25) is 19.4 Å². The van der Waals surface area contributed by atoms with Crippen LogP contribution in [0.4, 0.5) is 0 Å². The van der Waals surface area contributed by atoms with E-state index in [0.29, 0.717) is 17.9 Å². The second-order valence-electron chi connectivity index (χ2n) is 6.86. The number of benzene rings is 2. The quantitative estimate of drug-likeness (QED) is 0.262. The van der Waals surface area contributed by atoms with E-state index in [1.54, 1.807) is 48.8 Å². The number of ether oxygens (including phenoxy) is 1. The first kappa shape index (κ1) is 23.1. The van der Waals surface area contributed by atoms with Gasteiger partial charge in [0.2, 0.25) is 0 Å². The van der Waals surface area contributed by atoms with Crippen LogP contribution >= 0.6 is 0 Å². The largest absolute Gasteiger partial charge is 0.484 e. The van der Waals surface area contributed by atoms with Crippen LogP contribution in [0.15, 0.2) is 84.2 Å². The van der Waals surface area contributed by atoms with Gasteiger partial charge >= 0.3 is 11.8 Å². The van der Waals surface area contributed by atoms with Crippen LogP contribution in [0.5, 0.6) is 5.75 Å². The molecule has 0 radical (unpaired) electrons. The van der Waals surface area contributed by atoms with E-state index in [-0.39, 0.29) is 19.1 Å². The van der Waals surface area contributed by atoms with Crippen molar-refractivity contribution in [2.45, 2.75) is 13.1 Å². The zero-order chi connectivity index (χ0) is 23.3. The van der Waals surface area contributed by atoms with Gasteiger partial charge in [0.25, 0.3) is 5.91 Å². The number of rotatable bonds is 9. The Morgan fingerprint density at radius 1 is 0.818 bits per heavy atom. The molecule has 1 heterocycles. The lowest BCUT2D eigenvalue weighted by Gasteiger charge is -2.08. The first-order valence-electron chi connectivity index (χ1n) is 10.1. The molecule has 0 saturated heterocycles. The van der Waals surface area contributed by atoms with Gasteiger partial charge in [-0.1, -0.05) is 30.3 Å². The Hall–Kier alpha value is -4.53. The maximum absolute atomic E-state index is 11.9. The Bertz CT molecular complexity index is 1090. The van der Waals surface area contributed by atoms with Crippen molar-refractivity contribution in [3.05, 3.63) is 95.8 Å². The highest BCUT2D eigenvalue weighted by Gasteiger charge is 2.11. The lowest BCUT2D eigenvalue weighted by atomic mass is 10.2. The molecule has 0 fully saturated rings. The number of nitrogens with one attached hydrogen (secondary N) is 3. The molecule has 168 valence electrons. The minimum absolute atomic E-state index is 0.106. The molecule has 0 bridgehead atoms. The lowest BCUT2D eigenvalue weighted by Crippen LogP contribution is -2.37. The van der Waals surface area contributed by atoms with Crippen molar-refractivity contribution in [3.63, 3.8) is 0 Å². The van der Waals surface area contributed by atoms with E-state index in [4.69, 9.17) is 4.74 Å². The van der Waals surface area contributed by atoms with Crippen LogP contribution in [0.2, 0.25) is 0 Å². The predicted octanol–water partition coefficient (Wildman–Crippen LogP) is 1.54. The van der Waals surface area contributed by atoms with Gasteiger partial charge in [0.15, 0.2) is 6.61 Å². The molecule has 3 rings (SSSR count). The molecular weight excluding hydrogens is 422 g/mol. The third-order valence-electron chi connectivity index (χ3n) is 4.37. The molecule has 0 aliphatic carbocycles. The summed E-state index contributed by atoms with van der Waals surface area (Å²) >= 11 is 0. The number of aromatic nitrogens is 1. The normalized spacial score (nSPS) is 10.4. The highest BCUT2D eigenvalue weighted by atomic mass is 16.5. The molecule has 0 spiro atoms. The summed E-state index contributed by atoms with van der Waals surface area (Å²) in [6.45, 7) is 0.543. The van der Waals surface area contributed by atoms with Crippen molar-refractivity contribution in [2.24, 2.45) is 5.10 Å². The molecule has 0 aliphatic rings. The summed E-state index contributed by atoms with van der Waals surface area (Å²) in [5.74, 6) is -1.38. The molecule has 3 aromatic rings. The molecule has 0 unspecified atom stereocenters. The van der Waals surface area contributed by atoms with Crippen molar-refractivity contribution >= 4 is 23.9 Å². The molecular formula is C24H23N5O4. The van der Waals surface area contributed by atoms with E-state index in [1.807, 2.05) is 30.3 Å². The van der Waals surface area contributed by atoms with Crippen LogP contribution in [0.25, 0.3) is 0 Å². The SMILES string of the molecule is O=C(COc1ccc(/C=N\NC(=O)C(=O)NCc2ccncc2)cc1)NCc1ccccc1. The summed E-state index contributed by atoms with van der Waals surface area (Å²) in [6, 6.07) is 19.8. The topological polar surface area (TPSA) is 122 Å². The number of nitrogens with zero attached hydrogens (tertiary/aromatic N) is 2. The standard InChI is InChI=1S/C24H23N5O4/c30-22(26-14-18-4-2-1-3-5-18)17-33-21-8-6-19(7-9-21)16-28-29-24(32)23(31)27-15-20-10-12-25-13-11-20/h1-13,16H,14-15,17H2,(H,26,30)(H,27,31)(H,29,32)/b28-16-. The molecule has 9 heteroatoms. The van der Waals surface area contributed by atoms with Crippen molar-refractivity contribution in [2.75, 3.05) is 6.61 Å². The fraction of sp³-hybridized carbons (Fsp3) is 0.125. The maximum atomic E-state index is 11.9. The van der Waals surface area contributed by atoms with E-state index < -0.39 is 11.8 Å². The third kappa shape index (κ3) is 8.25. The van der Waals surface area contributed by atoms with E-state index in [0.717, 1.165) is 11.1 Å². The van der Waals surface area contributed by atoms with Crippen LogP contribution in [0.1, 0.15) is 16.7 Å². The summed E-state index contributed by atoms with van der Waals surface area (Å²) in [5, 5.41) is 9.05. The zero-order valence-electron chi connectivity index (χ0n) is 17.7. The number of pyridine rings is 1. The van der Waals surface area contributed by atoms with Crippen molar-refractivity contribution < 1.29 is 19.1 Å². The molecule has 1 aromatic heterocycles. The summed E-state index contributed by atoms with van der Waals surface area (Å²) in [6.07, 6.45) is 4.59. The van der Waals surface area contributed by atoms with Crippen LogP contribution in [-0.2, 0) is 27.5 Å². The molecule has 0 saturated carbocycles. The molecule has 0 atom stereocenters. The number of carbonyl (C=O) groups excluding carboxylic acids is 3. The Balaban J connectivity index is 1.36. The van der Waals surface area contributed by atoms with Gasteiger partial charge in [0.05, 0.1) is 6.21 Å². The lowest BCUT2D eigenvalue weighted by molar-refractivity contribution is -0.139. The number of amides is 3. The number of carbonyl (C=O) groups is 3. The number of hydrogen-bond donors (Lipinski definition) is 3. The minimum atomic E-state index is -0.873. The van der Waals surface area contributed by atoms with Crippen molar-refractivity contribution in [1.29, 1.82) is 0 Å². The second kappa shape index (κ2) is 12.4. The monoisotopic (exact) mass is 445 g/mol. The summed E-state index contributed by atoms with van der Waals surface area (Å²) in [4.78, 5) is 39.4. The molecule has 2 aromatic carbocycles. The summed E-state index contributed by atoms with van der Waals surface area (Å²) in [5.41, 5.74) is 4.68. The molecule has 33 heavy (non-hydrogen) atoms. The average molecular weight is 445 g/mol. The highest BCUT2D eigenvalue weighted by molar-refractivity contribution is 6.35. The minimum Gasteiger partial charge on any atom is -0.484 e. The van der Waals surface area contributed by atoms with Crippen LogP contribution in [0.3, 0.4) is 0 Å². The Kier molecular flexibility index (Phi) is 8.66. The van der Waals surface area contributed by atoms with E-state index >= 15 is 0 Å². The molecule has 0 aliphatic heterocycles. The fourth-order valence-electron chi connectivity index (χ4n) is 2.63. The van der Waals surface area contributed by atoms with Crippen molar-refractivity contribution in [3.8, 4) is 5.75 Å². The first-order chi connectivity index (χ1) is 16.1. The van der Waals surface area contributed by atoms with Crippen LogP contribution in [-0.4, -0.2) is 35.5 Å². The maximum Gasteiger partial charge on any atom is 0.329 e. The molecule has 9 nitrogen and oxygen atoms in total. The van der Waals surface area contributed by atoms with Gasteiger partial charge in [-0.25, -0.2) is 5.43 Å². The predicted molar refractivity (Wildman–Crippen MR) is 122 cm³/mol. The fourth-order valence-corrected chi connectivity index (χ4v) is 2.63. The van der Waals surface area contributed by atoms with E-state index in [2.05, 4.69) is 26.1 Å². The third-order valence-corrected chi connectivity index (χ3v) is 4.37. The second-order valence-corrected chi connectivity index (χ2v) is 6.86. The average Bonchev–Trinajstić information content (AvgIpc) is 2.86. The number of hydrazone groups is 1. The summed E-state index contributed by atoms with van der Waals surface area (Å²) in [7, 11) is 0. The molecule has 3 N–H and O–H groups in total. The molecule has 3 amide bonds. The van der Waals surface area contributed by atoms with E-state index in [9.17, 15) is 14.4 Å². The smallest absolute Gasteiger partial charge is 0.329 e. The van der Waals surface area contributed by atoms with Gasteiger partial charge in [-0.15, -0.1) is 0 Å². The van der Waals surface area contributed by atoms with Crippen LogP contribution in [0, 0.1) is 0 Å². The zero-order valence-corrected chi connectivity index (χ0v) is 17.7. The van der Waals surface area contributed by atoms with Gasteiger partial charge in [-0.2, -0.15) is 5.10 Å². The Morgan fingerprint density at radius 2 is 1.48 bits per heavy atom. The van der Waals surface area contributed by atoms with E-state index in [1.165, 1.54) is 6.21 Å². The van der Waals surface area contributed by atoms with Gasteiger partial charge in [-0.05, 0) is 53.1 Å². The van der Waals surface area contributed by atoms with Gasteiger partial charge in [0, 0.05) is 25.5 Å².